The molecule has 31 heavy (non-hydrogen) atoms. The molecule has 6 atom stereocenters. The van der Waals surface area contributed by atoms with Crippen LogP contribution in [0.4, 0.5) is 5.69 Å². The highest BCUT2D eigenvalue weighted by Crippen LogP contribution is 2.51. The number of carboxylic acid groups (broad SMARTS) is 1. The van der Waals surface area contributed by atoms with Crippen LogP contribution in [0.15, 0.2) is 34.9 Å². The summed E-state index contributed by atoms with van der Waals surface area (Å²) in [5.74, 6) is -2.42. The average molecular weight is 447 g/mol. The zero-order chi connectivity index (χ0) is 22.4. The molecule has 6 N–H and O–H groups in total. The summed E-state index contributed by atoms with van der Waals surface area (Å²) >= 11 is 1.44. The Morgan fingerprint density at radius 1 is 1.32 bits per heavy atom. The summed E-state index contributed by atoms with van der Waals surface area (Å²) in [6.45, 7) is 4.06. The van der Waals surface area contributed by atoms with Gasteiger partial charge >= 0.3 is 5.97 Å². The van der Waals surface area contributed by atoms with Crippen molar-refractivity contribution in [2.45, 2.75) is 43.8 Å². The quantitative estimate of drug-likeness (QED) is 0.315. The van der Waals surface area contributed by atoms with Crippen LogP contribution in [0.3, 0.4) is 0 Å². The summed E-state index contributed by atoms with van der Waals surface area (Å²) in [6, 6.07) is 6.34. The van der Waals surface area contributed by atoms with Crippen molar-refractivity contribution in [3.05, 3.63) is 40.4 Å². The van der Waals surface area contributed by atoms with Gasteiger partial charge in [-0.2, -0.15) is 0 Å². The fourth-order valence-electron chi connectivity index (χ4n) is 4.64. The van der Waals surface area contributed by atoms with Gasteiger partial charge in [0.2, 0.25) is 5.91 Å². The lowest BCUT2D eigenvalue weighted by Crippen LogP contribution is -2.63. The minimum absolute atomic E-state index is 0.0266. The van der Waals surface area contributed by atoms with E-state index in [0.717, 1.165) is 0 Å². The monoisotopic (exact) mass is 446 g/mol. The van der Waals surface area contributed by atoms with E-state index >= 15 is 0 Å². The van der Waals surface area contributed by atoms with E-state index in [-0.39, 0.29) is 40.9 Å². The predicted molar refractivity (Wildman–Crippen MR) is 116 cm³/mol. The maximum Gasteiger partial charge on any atom is 0.353 e. The van der Waals surface area contributed by atoms with Crippen molar-refractivity contribution in [1.82, 2.24) is 15.5 Å². The first-order chi connectivity index (χ1) is 14.7. The third kappa shape index (κ3) is 3.79. The number of hydrogen-bond donors (Lipinski definition) is 5. The van der Waals surface area contributed by atoms with Crippen molar-refractivity contribution in [3.63, 3.8) is 0 Å². The minimum atomic E-state index is -1.13. The molecule has 3 aliphatic rings. The van der Waals surface area contributed by atoms with Crippen LogP contribution >= 0.6 is 11.8 Å². The Hall–Kier alpha value is -2.56. The third-order valence-electron chi connectivity index (χ3n) is 6.17. The summed E-state index contributed by atoms with van der Waals surface area (Å²) in [5, 5.41) is 25.9. The number of nitrogen functional groups attached to an aromatic ring is 1. The number of carbonyl (C=O) groups excluding carboxylic acids is 2. The van der Waals surface area contributed by atoms with Crippen molar-refractivity contribution >= 4 is 35.2 Å². The number of hydrogen-bond acceptors (Lipinski definition) is 7. The molecule has 3 heterocycles. The van der Waals surface area contributed by atoms with Crippen molar-refractivity contribution < 1.29 is 24.6 Å². The number of aliphatic hydroxyl groups is 1. The highest BCUT2D eigenvalue weighted by molar-refractivity contribution is 8.03. The summed E-state index contributed by atoms with van der Waals surface area (Å²) in [4.78, 5) is 38.8. The van der Waals surface area contributed by atoms with Gasteiger partial charge in [-0.05, 0) is 37.6 Å². The van der Waals surface area contributed by atoms with Gasteiger partial charge in [0.15, 0.2) is 0 Å². The largest absolute Gasteiger partial charge is 0.477 e. The number of nitrogens with zero attached hydrogens (tertiary/aromatic N) is 1. The van der Waals surface area contributed by atoms with Crippen LogP contribution in [0.5, 0.6) is 0 Å². The molecule has 1 aromatic carbocycles. The lowest BCUT2D eigenvalue weighted by atomic mass is 9.79. The fraction of sp³-hybridized carbons (Fsp3) is 0.476. The number of rotatable bonds is 6. The molecule has 2 saturated heterocycles. The first kappa shape index (κ1) is 21.7. The zero-order valence-electron chi connectivity index (χ0n) is 17.2. The van der Waals surface area contributed by atoms with Crippen LogP contribution in [0, 0.1) is 11.8 Å². The van der Waals surface area contributed by atoms with Crippen molar-refractivity contribution in [2.75, 3.05) is 12.3 Å². The van der Waals surface area contributed by atoms with Gasteiger partial charge in [-0.15, -0.1) is 11.8 Å². The number of β-lactam (4-membered cyclic amide) rings is 1. The molecular formula is C21H26N4O5S. The Balaban J connectivity index is 1.42. The lowest BCUT2D eigenvalue weighted by Gasteiger charge is -2.46. The molecule has 1 aromatic rings. The summed E-state index contributed by atoms with van der Waals surface area (Å²) < 4.78 is 0. The molecule has 0 unspecified atom stereocenters. The molecule has 0 aliphatic carbocycles. The Morgan fingerprint density at radius 2 is 2.00 bits per heavy atom. The second-order valence-electron chi connectivity index (χ2n) is 8.30. The first-order valence-electron chi connectivity index (χ1n) is 10.2. The number of thioether (sulfide) groups is 1. The third-order valence-corrected chi connectivity index (χ3v) is 7.68. The maximum atomic E-state index is 12.4. The first-order valence-corrected chi connectivity index (χ1v) is 11.1. The molecule has 2 fully saturated rings. The number of aliphatic carboxylic acids is 1. The Morgan fingerprint density at radius 3 is 2.61 bits per heavy atom. The van der Waals surface area contributed by atoms with E-state index in [1.165, 1.54) is 16.7 Å². The van der Waals surface area contributed by atoms with Crippen LogP contribution in [0.2, 0.25) is 0 Å². The van der Waals surface area contributed by atoms with Crippen molar-refractivity contribution in [2.24, 2.45) is 11.8 Å². The molecule has 0 spiro atoms. The number of nitrogens with two attached hydrogens (primary N) is 1. The van der Waals surface area contributed by atoms with E-state index < -0.39 is 18.0 Å². The van der Waals surface area contributed by atoms with Gasteiger partial charge in [-0.3, -0.25) is 14.9 Å². The number of carboxylic acids is 1. The molecule has 10 heteroatoms. The highest BCUT2D eigenvalue weighted by atomic mass is 32.2. The molecule has 0 saturated carbocycles. The minimum Gasteiger partial charge on any atom is -0.477 e. The Kier molecular flexibility index (Phi) is 5.71. The number of anilines is 1. The van der Waals surface area contributed by atoms with Gasteiger partial charge < -0.3 is 26.2 Å². The van der Waals surface area contributed by atoms with Gasteiger partial charge in [0.25, 0.3) is 5.91 Å². The molecule has 9 nitrogen and oxygen atoms in total. The number of fused-ring (bicyclic) bond motifs is 1. The summed E-state index contributed by atoms with van der Waals surface area (Å²) in [7, 11) is 0. The second-order valence-corrected chi connectivity index (χ2v) is 9.65. The second kappa shape index (κ2) is 8.18. The van der Waals surface area contributed by atoms with E-state index in [2.05, 4.69) is 10.6 Å². The number of benzene rings is 1. The topological polar surface area (TPSA) is 145 Å². The lowest BCUT2D eigenvalue weighted by molar-refractivity contribution is -0.163. The van der Waals surface area contributed by atoms with Gasteiger partial charge in [-0.1, -0.05) is 6.92 Å². The molecule has 166 valence electrons. The molecular weight excluding hydrogens is 420 g/mol. The number of amides is 2. The predicted octanol–water partition coefficient (Wildman–Crippen LogP) is 0.574. The van der Waals surface area contributed by atoms with Crippen LogP contribution in [-0.2, 0) is 9.59 Å². The number of aliphatic hydroxyl groups excluding tert-OH is 1. The van der Waals surface area contributed by atoms with E-state index in [4.69, 9.17) is 5.73 Å². The molecule has 3 aliphatic heterocycles. The SMILES string of the molecule is C[C@@H](O)[C@H]1C(=O)N2C(C(=O)O)=C(S[C@@H]3CN[C@@H](NC(=O)c4ccc(N)cc4)C3)[C@H](C)[C@H]12. The smallest absolute Gasteiger partial charge is 0.353 e. The standard InChI is InChI=1S/C21H26N4O5S/c1-9-16-15(10(2)26)20(28)25(16)17(21(29)30)18(9)31-13-7-14(23-8-13)24-19(27)11-3-5-12(22)6-4-11/h3-6,9-10,13-16,23,26H,7-8,22H2,1-2H3,(H,24,27)(H,29,30)/t9-,10-,13+,14+,15-,16-/m1/s1. The Bertz CT molecular complexity index is 948. The van der Waals surface area contributed by atoms with Crippen LogP contribution in [0.1, 0.15) is 30.6 Å². The van der Waals surface area contributed by atoms with E-state index in [1.807, 2.05) is 6.92 Å². The van der Waals surface area contributed by atoms with Gasteiger partial charge in [-0.25, -0.2) is 4.79 Å². The van der Waals surface area contributed by atoms with Gasteiger partial charge in [0, 0.05) is 33.9 Å². The van der Waals surface area contributed by atoms with E-state index in [0.29, 0.717) is 29.1 Å². The zero-order valence-corrected chi connectivity index (χ0v) is 18.1. The molecule has 0 radical (unpaired) electrons. The normalized spacial score (nSPS) is 30.7. The molecule has 2 amide bonds. The van der Waals surface area contributed by atoms with Crippen LogP contribution < -0.4 is 16.4 Å². The molecule has 0 aromatic heterocycles. The summed E-state index contributed by atoms with van der Waals surface area (Å²) in [5.41, 5.74) is 6.78. The average Bonchev–Trinajstić information content (AvgIpc) is 3.23. The van der Waals surface area contributed by atoms with Crippen LogP contribution in [-0.4, -0.2) is 63.0 Å². The van der Waals surface area contributed by atoms with Crippen molar-refractivity contribution in [1.29, 1.82) is 0 Å². The van der Waals surface area contributed by atoms with E-state index in [9.17, 15) is 24.6 Å². The molecule has 4 rings (SSSR count). The van der Waals surface area contributed by atoms with Crippen molar-refractivity contribution in [3.8, 4) is 0 Å². The fourth-order valence-corrected chi connectivity index (χ4v) is 6.12. The number of carbonyl (C=O) groups is 3. The number of nitrogens with one attached hydrogen (secondary N) is 2. The van der Waals surface area contributed by atoms with Gasteiger partial charge in [0.1, 0.15) is 5.70 Å². The van der Waals surface area contributed by atoms with E-state index in [1.54, 1.807) is 31.2 Å². The Labute approximate surface area is 184 Å². The van der Waals surface area contributed by atoms with Gasteiger partial charge in [0.05, 0.1) is 24.2 Å². The summed E-state index contributed by atoms with van der Waals surface area (Å²) in [6.07, 6.45) is -0.443. The van der Waals surface area contributed by atoms with Crippen LogP contribution in [0.25, 0.3) is 0 Å². The maximum absolute atomic E-state index is 12.4. The highest BCUT2D eigenvalue weighted by Gasteiger charge is 2.60. The molecule has 0 bridgehead atoms.